The van der Waals surface area contributed by atoms with Crippen LogP contribution in [0.25, 0.3) is 11.3 Å². The number of carbonyl (C=O) groups excluding carboxylic acids is 1. The summed E-state index contributed by atoms with van der Waals surface area (Å²) in [5.41, 5.74) is 6.13. The molecule has 0 aliphatic carbocycles. The first-order valence-corrected chi connectivity index (χ1v) is 5.87. The third-order valence-corrected chi connectivity index (χ3v) is 2.43. The maximum atomic E-state index is 10.5. The summed E-state index contributed by atoms with van der Waals surface area (Å²) in [7, 11) is 0. The van der Waals surface area contributed by atoms with E-state index in [1.54, 1.807) is 30.3 Å². The first-order valence-electron chi connectivity index (χ1n) is 5.87. The van der Waals surface area contributed by atoms with E-state index in [2.05, 4.69) is 9.89 Å². The van der Waals surface area contributed by atoms with Crippen molar-refractivity contribution in [2.75, 3.05) is 6.61 Å². The summed E-state index contributed by atoms with van der Waals surface area (Å²) in [6, 6.07) is 8.25. The number of benzene rings is 1. The van der Waals surface area contributed by atoms with E-state index in [4.69, 9.17) is 20.1 Å². The highest BCUT2D eigenvalue weighted by Gasteiger charge is 2.08. The zero-order valence-corrected chi connectivity index (χ0v) is 10.8. The standard InChI is InChI=1S/C13H12N2O6/c14-13(18)20-6-10-5-11(15-21-10)8-1-3-9(4-2-8)19-7-12(16)17/h1-5H,6-7H2,(H2,14,18)(H,16,17). The largest absolute Gasteiger partial charge is 0.482 e. The second-order valence-corrected chi connectivity index (χ2v) is 3.99. The summed E-state index contributed by atoms with van der Waals surface area (Å²) in [5, 5.41) is 12.3. The fourth-order valence-corrected chi connectivity index (χ4v) is 1.53. The molecule has 8 nitrogen and oxygen atoms in total. The molecule has 0 unspecified atom stereocenters. The van der Waals surface area contributed by atoms with Gasteiger partial charge < -0.3 is 24.8 Å². The summed E-state index contributed by atoms with van der Waals surface area (Å²) < 4.78 is 14.6. The number of nitrogens with zero attached hydrogens (tertiary/aromatic N) is 1. The Labute approximate surface area is 119 Å². The normalized spacial score (nSPS) is 10.1. The molecule has 0 aliphatic rings. The lowest BCUT2D eigenvalue weighted by molar-refractivity contribution is -0.139. The highest BCUT2D eigenvalue weighted by atomic mass is 16.6. The van der Waals surface area contributed by atoms with Gasteiger partial charge in [0.1, 0.15) is 11.4 Å². The van der Waals surface area contributed by atoms with Gasteiger partial charge in [0.25, 0.3) is 0 Å². The molecule has 8 heteroatoms. The van der Waals surface area contributed by atoms with Crippen molar-refractivity contribution in [3.8, 4) is 17.0 Å². The maximum absolute atomic E-state index is 10.5. The number of carbonyl (C=O) groups is 2. The molecule has 1 amide bonds. The lowest BCUT2D eigenvalue weighted by Gasteiger charge is -2.03. The average Bonchev–Trinajstić information content (AvgIpc) is 2.92. The van der Waals surface area contributed by atoms with Crippen molar-refractivity contribution < 1.29 is 28.7 Å². The zero-order chi connectivity index (χ0) is 15.2. The number of carboxylic acid groups (broad SMARTS) is 1. The number of ether oxygens (including phenoxy) is 2. The lowest BCUT2D eigenvalue weighted by Crippen LogP contribution is -2.12. The van der Waals surface area contributed by atoms with Crippen LogP contribution in [0.2, 0.25) is 0 Å². The van der Waals surface area contributed by atoms with Gasteiger partial charge in [-0.05, 0) is 24.3 Å². The molecule has 2 aromatic rings. The Morgan fingerprint density at radius 1 is 1.29 bits per heavy atom. The Balaban J connectivity index is 2.01. The van der Waals surface area contributed by atoms with Crippen LogP contribution in [0.15, 0.2) is 34.9 Å². The van der Waals surface area contributed by atoms with Crippen LogP contribution in [0.1, 0.15) is 5.76 Å². The molecule has 3 N–H and O–H groups in total. The Morgan fingerprint density at radius 3 is 2.62 bits per heavy atom. The fraction of sp³-hybridized carbons (Fsp3) is 0.154. The minimum atomic E-state index is -1.05. The SMILES string of the molecule is NC(=O)OCc1cc(-c2ccc(OCC(=O)O)cc2)no1. The van der Waals surface area contributed by atoms with E-state index in [-0.39, 0.29) is 6.61 Å². The number of aliphatic carboxylic acids is 1. The van der Waals surface area contributed by atoms with Crippen LogP contribution in [0.5, 0.6) is 5.75 Å². The van der Waals surface area contributed by atoms with Gasteiger partial charge in [0.2, 0.25) is 0 Å². The Morgan fingerprint density at radius 2 is 2.00 bits per heavy atom. The highest BCUT2D eigenvalue weighted by Crippen LogP contribution is 2.22. The maximum Gasteiger partial charge on any atom is 0.404 e. The third kappa shape index (κ3) is 4.23. The molecule has 0 bridgehead atoms. The van der Waals surface area contributed by atoms with Crippen molar-refractivity contribution in [1.29, 1.82) is 0 Å². The van der Waals surface area contributed by atoms with Gasteiger partial charge in [-0.25, -0.2) is 9.59 Å². The van der Waals surface area contributed by atoms with E-state index in [1.807, 2.05) is 0 Å². The van der Waals surface area contributed by atoms with Crippen LogP contribution in [0, 0.1) is 0 Å². The Hall–Kier alpha value is -3.03. The molecule has 110 valence electrons. The number of primary amides is 1. The second-order valence-electron chi connectivity index (χ2n) is 3.99. The van der Waals surface area contributed by atoms with E-state index in [0.717, 1.165) is 5.56 Å². The van der Waals surface area contributed by atoms with Gasteiger partial charge in [0, 0.05) is 11.6 Å². The second kappa shape index (κ2) is 6.42. The van der Waals surface area contributed by atoms with Crippen molar-refractivity contribution in [3.63, 3.8) is 0 Å². The van der Waals surface area contributed by atoms with E-state index < -0.39 is 18.7 Å². The molecule has 0 atom stereocenters. The van der Waals surface area contributed by atoms with Gasteiger partial charge in [0.05, 0.1) is 0 Å². The number of carboxylic acids is 1. The Kier molecular flexibility index (Phi) is 4.39. The summed E-state index contributed by atoms with van der Waals surface area (Å²) in [5.74, 6) is -0.258. The quantitative estimate of drug-likeness (QED) is 0.824. The summed E-state index contributed by atoms with van der Waals surface area (Å²) >= 11 is 0. The number of aromatic nitrogens is 1. The van der Waals surface area contributed by atoms with Crippen LogP contribution in [0.4, 0.5) is 4.79 Å². The molecule has 21 heavy (non-hydrogen) atoms. The van der Waals surface area contributed by atoms with Crippen molar-refractivity contribution >= 4 is 12.1 Å². The van der Waals surface area contributed by atoms with E-state index in [0.29, 0.717) is 17.2 Å². The van der Waals surface area contributed by atoms with Crippen molar-refractivity contribution in [3.05, 3.63) is 36.1 Å². The highest BCUT2D eigenvalue weighted by molar-refractivity contribution is 5.68. The van der Waals surface area contributed by atoms with E-state index >= 15 is 0 Å². The van der Waals surface area contributed by atoms with Gasteiger partial charge in [-0.2, -0.15) is 0 Å². The molecule has 0 saturated heterocycles. The molecule has 0 fully saturated rings. The molecule has 0 saturated carbocycles. The lowest BCUT2D eigenvalue weighted by atomic mass is 10.1. The molecule has 1 aromatic heterocycles. The summed E-state index contributed by atoms with van der Waals surface area (Å²) in [6.07, 6.45) is -0.895. The third-order valence-electron chi connectivity index (χ3n) is 2.43. The molecule has 1 aromatic carbocycles. The molecular weight excluding hydrogens is 280 g/mol. The predicted molar refractivity (Wildman–Crippen MR) is 69.4 cm³/mol. The zero-order valence-electron chi connectivity index (χ0n) is 10.8. The van der Waals surface area contributed by atoms with Crippen LogP contribution < -0.4 is 10.5 Å². The number of amides is 1. The average molecular weight is 292 g/mol. The molecule has 2 rings (SSSR count). The van der Waals surface area contributed by atoms with Gasteiger partial charge in [-0.3, -0.25) is 0 Å². The minimum absolute atomic E-state index is 0.0951. The molecular formula is C13H12N2O6. The number of hydrogen-bond donors (Lipinski definition) is 2. The van der Waals surface area contributed by atoms with Crippen LogP contribution >= 0.6 is 0 Å². The monoisotopic (exact) mass is 292 g/mol. The first kappa shape index (κ1) is 14.4. The van der Waals surface area contributed by atoms with E-state index in [1.165, 1.54) is 0 Å². The van der Waals surface area contributed by atoms with Gasteiger partial charge in [-0.1, -0.05) is 5.16 Å². The van der Waals surface area contributed by atoms with Gasteiger partial charge >= 0.3 is 12.1 Å². The van der Waals surface area contributed by atoms with Gasteiger partial charge in [0.15, 0.2) is 19.0 Å². The summed E-state index contributed by atoms with van der Waals surface area (Å²) in [4.78, 5) is 20.9. The number of hydrogen-bond acceptors (Lipinski definition) is 6. The number of rotatable bonds is 6. The smallest absolute Gasteiger partial charge is 0.404 e. The van der Waals surface area contributed by atoms with Crippen molar-refractivity contribution in [2.24, 2.45) is 5.73 Å². The van der Waals surface area contributed by atoms with Crippen LogP contribution in [0.3, 0.4) is 0 Å². The number of nitrogens with two attached hydrogens (primary N) is 1. The van der Waals surface area contributed by atoms with Crippen LogP contribution in [-0.2, 0) is 16.1 Å². The summed E-state index contributed by atoms with van der Waals surface area (Å²) in [6.45, 7) is -0.500. The molecule has 0 radical (unpaired) electrons. The topological polar surface area (TPSA) is 125 Å². The van der Waals surface area contributed by atoms with E-state index in [9.17, 15) is 9.59 Å². The van der Waals surface area contributed by atoms with Crippen LogP contribution in [-0.4, -0.2) is 28.9 Å². The minimum Gasteiger partial charge on any atom is -0.482 e. The van der Waals surface area contributed by atoms with Crippen molar-refractivity contribution in [2.45, 2.75) is 6.61 Å². The Bertz CT molecular complexity index is 634. The van der Waals surface area contributed by atoms with Gasteiger partial charge in [-0.15, -0.1) is 0 Å². The molecule has 0 aliphatic heterocycles. The van der Waals surface area contributed by atoms with Crippen molar-refractivity contribution in [1.82, 2.24) is 5.16 Å². The predicted octanol–water partition coefficient (Wildman–Crippen LogP) is 1.40. The molecule has 1 heterocycles. The fourth-order valence-electron chi connectivity index (χ4n) is 1.53. The first-order chi connectivity index (χ1) is 10.0. The molecule has 0 spiro atoms.